The predicted molar refractivity (Wildman–Crippen MR) is 60.7 cm³/mol. The summed E-state index contributed by atoms with van der Waals surface area (Å²) in [6.45, 7) is 0. The number of benzene rings is 1. The van der Waals surface area contributed by atoms with Crippen molar-refractivity contribution < 1.29 is 31.9 Å². The Hall–Kier alpha value is -2.71. The third-order valence-corrected chi connectivity index (χ3v) is 2.52. The zero-order valence-corrected chi connectivity index (χ0v) is 9.92. The van der Waals surface area contributed by atoms with E-state index in [1.165, 1.54) is 0 Å². The summed E-state index contributed by atoms with van der Waals surface area (Å²) in [5.41, 5.74) is -2.23. The number of carboxylic acid groups (broad SMARTS) is 1. The Labute approximate surface area is 113 Å². The Balaban J connectivity index is 2.58. The molecule has 0 bridgehead atoms. The monoisotopic (exact) mass is 304 g/mol. The van der Waals surface area contributed by atoms with E-state index in [0.717, 1.165) is 18.5 Å². The van der Waals surface area contributed by atoms with Gasteiger partial charge in [0.2, 0.25) is 5.82 Å². The Kier molecular flexibility index (Phi) is 3.74. The first-order valence-electron chi connectivity index (χ1n) is 5.30. The number of carboxylic acids is 1. The minimum atomic E-state index is -2.31. The van der Waals surface area contributed by atoms with Gasteiger partial charge in [-0.1, -0.05) is 0 Å². The van der Waals surface area contributed by atoms with Gasteiger partial charge in [-0.25, -0.2) is 26.7 Å². The summed E-state index contributed by atoms with van der Waals surface area (Å²) in [6.07, 6.45) is 1.97. The van der Waals surface area contributed by atoms with Crippen LogP contribution in [-0.4, -0.2) is 16.1 Å². The van der Waals surface area contributed by atoms with Gasteiger partial charge in [0, 0.05) is 6.20 Å². The molecule has 2 rings (SSSR count). The lowest BCUT2D eigenvalue weighted by atomic mass is 10.2. The van der Waals surface area contributed by atoms with Crippen LogP contribution < -0.4 is 5.32 Å². The summed E-state index contributed by atoms with van der Waals surface area (Å²) in [7, 11) is 0. The molecule has 1 aromatic heterocycles. The van der Waals surface area contributed by atoms with Gasteiger partial charge in [0.05, 0.1) is 17.4 Å². The van der Waals surface area contributed by atoms with Crippen LogP contribution in [0.5, 0.6) is 0 Å². The van der Waals surface area contributed by atoms with E-state index in [1.54, 1.807) is 0 Å². The number of hydrogen-bond donors (Lipinski definition) is 2. The Morgan fingerprint density at radius 1 is 1.00 bits per heavy atom. The van der Waals surface area contributed by atoms with E-state index in [0.29, 0.717) is 0 Å². The molecular formula is C12H5F5N2O2. The molecule has 0 unspecified atom stereocenters. The fraction of sp³-hybridized carbons (Fsp3) is 0. The summed E-state index contributed by atoms with van der Waals surface area (Å²) in [4.78, 5) is 14.4. The largest absolute Gasteiger partial charge is 0.478 e. The van der Waals surface area contributed by atoms with E-state index in [9.17, 15) is 26.7 Å². The number of pyridine rings is 1. The molecule has 2 aromatic rings. The molecule has 9 heteroatoms. The normalized spacial score (nSPS) is 10.5. The lowest BCUT2D eigenvalue weighted by Crippen LogP contribution is -2.09. The van der Waals surface area contributed by atoms with Gasteiger partial charge in [-0.3, -0.25) is 4.98 Å². The number of nitrogens with one attached hydrogen (secondary N) is 1. The van der Waals surface area contributed by atoms with Crippen molar-refractivity contribution in [1.82, 2.24) is 4.98 Å². The minimum Gasteiger partial charge on any atom is -0.478 e. The van der Waals surface area contributed by atoms with Gasteiger partial charge in [-0.05, 0) is 6.07 Å². The molecule has 0 saturated heterocycles. The zero-order chi connectivity index (χ0) is 15.7. The summed E-state index contributed by atoms with van der Waals surface area (Å²) in [5.74, 6) is -12.3. The highest BCUT2D eigenvalue weighted by molar-refractivity contribution is 5.94. The molecule has 1 heterocycles. The third-order valence-electron chi connectivity index (χ3n) is 2.52. The fourth-order valence-corrected chi connectivity index (χ4v) is 1.53. The highest BCUT2D eigenvalue weighted by Gasteiger charge is 2.26. The molecule has 2 N–H and O–H groups in total. The SMILES string of the molecule is O=C(O)c1ccncc1Nc1c(F)c(F)c(F)c(F)c1F. The minimum absolute atomic E-state index is 0.423. The molecule has 21 heavy (non-hydrogen) atoms. The van der Waals surface area contributed by atoms with Gasteiger partial charge in [-0.15, -0.1) is 0 Å². The van der Waals surface area contributed by atoms with E-state index >= 15 is 0 Å². The van der Waals surface area contributed by atoms with E-state index in [4.69, 9.17) is 5.11 Å². The van der Waals surface area contributed by atoms with Crippen LogP contribution in [0, 0.1) is 29.1 Å². The van der Waals surface area contributed by atoms with Crippen LogP contribution in [0.2, 0.25) is 0 Å². The maximum atomic E-state index is 13.5. The molecule has 0 radical (unpaired) electrons. The Bertz CT molecular complexity index is 707. The molecule has 0 fully saturated rings. The first-order valence-corrected chi connectivity index (χ1v) is 5.30. The molecular weight excluding hydrogens is 299 g/mol. The van der Waals surface area contributed by atoms with Crippen LogP contribution in [0.1, 0.15) is 10.4 Å². The van der Waals surface area contributed by atoms with Crippen molar-refractivity contribution in [3.05, 3.63) is 53.1 Å². The molecule has 0 saturated carbocycles. The number of anilines is 2. The number of rotatable bonds is 3. The van der Waals surface area contributed by atoms with Gasteiger partial charge >= 0.3 is 5.97 Å². The molecule has 0 aliphatic heterocycles. The quantitative estimate of drug-likeness (QED) is 0.519. The van der Waals surface area contributed by atoms with Crippen molar-refractivity contribution in [3.8, 4) is 0 Å². The van der Waals surface area contributed by atoms with Crippen LogP contribution in [0.4, 0.5) is 33.3 Å². The van der Waals surface area contributed by atoms with Crippen molar-refractivity contribution >= 4 is 17.3 Å². The first-order chi connectivity index (χ1) is 9.84. The lowest BCUT2D eigenvalue weighted by Gasteiger charge is -2.12. The molecule has 0 spiro atoms. The second-order valence-electron chi connectivity index (χ2n) is 3.80. The Morgan fingerprint density at radius 3 is 2.05 bits per heavy atom. The van der Waals surface area contributed by atoms with E-state index < -0.39 is 52.0 Å². The number of nitrogens with zero attached hydrogens (tertiary/aromatic N) is 1. The zero-order valence-electron chi connectivity index (χ0n) is 9.92. The van der Waals surface area contributed by atoms with E-state index in [1.807, 2.05) is 5.32 Å². The molecule has 0 aliphatic rings. The van der Waals surface area contributed by atoms with Crippen molar-refractivity contribution in [2.75, 3.05) is 5.32 Å². The van der Waals surface area contributed by atoms with Crippen LogP contribution in [0.15, 0.2) is 18.5 Å². The molecule has 0 aliphatic carbocycles. The highest BCUT2D eigenvalue weighted by Crippen LogP contribution is 2.30. The van der Waals surface area contributed by atoms with Gasteiger partial charge in [0.1, 0.15) is 5.69 Å². The Morgan fingerprint density at radius 2 is 1.52 bits per heavy atom. The van der Waals surface area contributed by atoms with Crippen molar-refractivity contribution in [3.63, 3.8) is 0 Å². The smallest absolute Gasteiger partial charge is 0.337 e. The maximum absolute atomic E-state index is 13.5. The molecule has 0 atom stereocenters. The summed E-state index contributed by atoms with van der Waals surface area (Å²) >= 11 is 0. The molecule has 4 nitrogen and oxygen atoms in total. The standard InChI is InChI=1S/C12H5F5N2O2/c13-6-7(14)9(16)11(10(17)8(6)15)19-5-3-18-2-1-4(5)12(20)21/h1-3,19H,(H,20,21). The highest BCUT2D eigenvalue weighted by atomic mass is 19.2. The van der Waals surface area contributed by atoms with Crippen LogP contribution >= 0.6 is 0 Å². The van der Waals surface area contributed by atoms with Gasteiger partial charge in [0.25, 0.3) is 0 Å². The lowest BCUT2D eigenvalue weighted by molar-refractivity contribution is 0.0698. The van der Waals surface area contributed by atoms with Gasteiger partial charge in [-0.2, -0.15) is 0 Å². The maximum Gasteiger partial charge on any atom is 0.337 e. The van der Waals surface area contributed by atoms with Gasteiger partial charge < -0.3 is 10.4 Å². The number of aromatic carboxylic acids is 1. The third kappa shape index (κ3) is 2.49. The average molecular weight is 304 g/mol. The van der Waals surface area contributed by atoms with Crippen LogP contribution in [-0.2, 0) is 0 Å². The number of halogens is 5. The van der Waals surface area contributed by atoms with Crippen molar-refractivity contribution in [2.45, 2.75) is 0 Å². The van der Waals surface area contributed by atoms with E-state index in [-0.39, 0.29) is 0 Å². The average Bonchev–Trinajstić information content (AvgIpc) is 2.48. The van der Waals surface area contributed by atoms with Crippen molar-refractivity contribution in [1.29, 1.82) is 0 Å². The first kappa shape index (κ1) is 14.7. The topological polar surface area (TPSA) is 62.2 Å². The second kappa shape index (κ2) is 5.35. The predicted octanol–water partition coefficient (Wildman–Crippen LogP) is 3.22. The van der Waals surface area contributed by atoms with E-state index in [2.05, 4.69) is 4.98 Å². The number of carbonyl (C=O) groups is 1. The van der Waals surface area contributed by atoms with Crippen molar-refractivity contribution in [2.24, 2.45) is 0 Å². The van der Waals surface area contributed by atoms with Crippen LogP contribution in [0.3, 0.4) is 0 Å². The second-order valence-corrected chi connectivity index (χ2v) is 3.80. The summed E-state index contributed by atoms with van der Waals surface area (Å²) < 4.78 is 65.9. The van der Waals surface area contributed by atoms with Crippen LogP contribution in [0.25, 0.3) is 0 Å². The fourth-order valence-electron chi connectivity index (χ4n) is 1.53. The molecule has 0 amide bonds. The molecule has 1 aromatic carbocycles. The summed E-state index contributed by atoms with van der Waals surface area (Å²) in [6, 6.07) is 0.997. The number of hydrogen-bond acceptors (Lipinski definition) is 3. The van der Waals surface area contributed by atoms with Gasteiger partial charge in [0.15, 0.2) is 23.3 Å². The summed E-state index contributed by atoms with van der Waals surface area (Å²) in [5, 5.41) is 10.7. The number of aromatic nitrogens is 1. The molecule has 110 valence electrons.